The third kappa shape index (κ3) is 2.81. The maximum atomic E-state index is 12.1. The van der Waals surface area contributed by atoms with Gasteiger partial charge in [-0.1, -0.05) is 0 Å². The Balaban J connectivity index is 1.88. The fourth-order valence-electron chi connectivity index (χ4n) is 2.53. The summed E-state index contributed by atoms with van der Waals surface area (Å²) in [6.45, 7) is 1.86. The van der Waals surface area contributed by atoms with Crippen molar-refractivity contribution >= 4 is 9.84 Å². The molecular weight excluding hydrogens is 306 g/mol. The minimum Gasteiger partial charge on any atom is -0.337 e. The van der Waals surface area contributed by atoms with Crippen molar-refractivity contribution in [2.45, 2.75) is 24.7 Å². The number of aryl methyl sites for hydroxylation is 1. The van der Waals surface area contributed by atoms with Gasteiger partial charge in [0.25, 0.3) is 5.56 Å². The molecule has 0 radical (unpaired) electrons. The number of rotatable bonds is 3. The molecule has 0 bridgehead atoms. The van der Waals surface area contributed by atoms with Crippen molar-refractivity contribution in [3.8, 4) is 0 Å². The van der Waals surface area contributed by atoms with E-state index in [1.807, 2.05) is 11.6 Å². The van der Waals surface area contributed by atoms with Gasteiger partial charge in [0.2, 0.25) is 15.0 Å². The highest BCUT2D eigenvalue weighted by molar-refractivity contribution is 7.90. The molecule has 0 aromatic carbocycles. The summed E-state index contributed by atoms with van der Waals surface area (Å²) >= 11 is 0. The highest BCUT2D eigenvalue weighted by atomic mass is 32.2. The van der Waals surface area contributed by atoms with E-state index < -0.39 is 9.84 Å². The number of hydrogen-bond acceptors (Lipinski definition) is 6. The smallest absolute Gasteiger partial charge is 0.256 e. The predicted molar refractivity (Wildman–Crippen MR) is 79.0 cm³/mol. The lowest BCUT2D eigenvalue weighted by atomic mass is 10.1. The number of sulfone groups is 1. The standard InChI is InChI=1S/C13H17N5O3S/c1-17-8-14-5-9(17)6-18-4-3-11-10(7-18)12(19)16-13(15-11)22(2,20)21/h5,8H,3-4,6-7H2,1-2H3,(H,15,16,19). The monoisotopic (exact) mass is 323 g/mol. The zero-order valence-electron chi connectivity index (χ0n) is 12.4. The Kier molecular flexibility index (Phi) is 3.61. The van der Waals surface area contributed by atoms with Gasteiger partial charge < -0.3 is 4.57 Å². The number of fused-ring (bicyclic) bond motifs is 1. The number of hydrogen-bond donors (Lipinski definition) is 1. The fraction of sp³-hybridized carbons (Fsp3) is 0.462. The number of imidazole rings is 1. The molecule has 1 aliphatic rings. The maximum Gasteiger partial charge on any atom is 0.256 e. The lowest BCUT2D eigenvalue weighted by molar-refractivity contribution is 0.236. The summed E-state index contributed by atoms with van der Waals surface area (Å²) in [5, 5.41) is -0.253. The molecule has 3 heterocycles. The second-order valence-corrected chi connectivity index (χ2v) is 7.46. The average molecular weight is 323 g/mol. The van der Waals surface area contributed by atoms with Crippen molar-refractivity contribution < 1.29 is 8.42 Å². The third-order valence-corrected chi connectivity index (χ3v) is 4.68. The zero-order valence-corrected chi connectivity index (χ0v) is 13.2. The van der Waals surface area contributed by atoms with Crippen molar-refractivity contribution in [1.82, 2.24) is 24.4 Å². The van der Waals surface area contributed by atoms with Gasteiger partial charge in [0.05, 0.1) is 23.3 Å². The molecule has 2 aromatic rings. The Morgan fingerprint density at radius 2 is 2.18 bits per heavy atom. The van der Waals surface area contributed by atoms with E-state index in [9.17, 15) is 13.2 Å². The minimum absolute atomic E-state index is 0.253. The van der Waals surface area contributed by atoms with Crippen LogP contribution in [0.2, 0.25) is 0 Å². The lowest BCUT2D eigenvalue weighted by Crippen LogP contribution is -2.36. The van der Waals surface area contributed by atoms with Gasteiger partial charge in [-0.15, -0.1) is 0 Å². The van der Waals surface area contributed by atoms with Crippen molar-refractivity contribution in [2.75, 3.05) is 12.8 Å². The largest absolute Gasteiger partial charge is 0.337 e. The van der Waals surface area contributed by atoms with E-state index in [4.69, 9.17) is 0 Å². The molecule has 2 aromatic heterocycles. The molecule has 0 amide bonds. The quantitative estimate of drug-likeness (QED) is 0.762. The number of nitrogens with zero attached hydrogens (tertiary/aromatic N) is 4. The van der Waals surface area contributed by atoms with Crippen LogP contribution in [0.3, 0.4) is 0 Å². The van der Waals surface area contributed by atoms with Gasteiger partial charge in [-0.05, 0) is 0 Å². The van der Waals surface area contributed by atoms with E-state index >= 15 is 0 Å². The molecule has 0 saturated heterocycles. The third-order valence-electron chi connectivity index (χ3n) is 3.78. The van der Waals surface area contributed by atoms with Crippen LogP contribution in [0.15, 0.2) is 22.5 Å². The van der Waals surface area contributed by atoms with E-state index in [1.54, 1.807) is 12.5 Å². The molecule has 0 atom stereocenters. The minimum atomic E-state index is -3.51. The summed E-state index contributed by atoms with van der Waals surface area (Å²) in [7, 11) is -1.59. The molecule has 0 spiro atoms. The number of nitrogens with one attached hydrogen (secondary N) is 1. The van der Waals surface area contributed by atoms with E-state index in [1.165, 1.54) is 0 Å². The highest BCUT2D eigenvalue weighted by Crippen LogP contribution is 2.17. The summed E-state index contributed by atoms with van der Waals surface area (Å²) in [5.41, 5.74) is 1.80. The molecule has 9 heteroatoms. The van der Waals surface area contributed by atoms with Crippen LogP contribution in [0.25, 0.3) is 0 Å². The summed E-state index contributed by atoms with van der Waals surface area (Å²) in [6.07, 6.45) is 5.12. The van der Waals surface area contributed by atoms with Crippen LogP contribution in [0.5, 0.6) is 0 Å². The second kappa shape index (κ2) is 5.33. The molecule has 0 unspecified atom stereocenters. The van der Waals surface area contributed by atoms with Crippen molar-refractivity contribution in [3.63, 3.8) is 0 Å². The topological polar surface area (TPSA) is 101 Å². The molecule has 0 saturated carbocycles. The molecule has 118 valence electrons. The Morgan fingerprint density at radius 1 is 1.41 bits per heavy atom. The molecule has 3 rings (SSSR count). The van der Waals surface area contributed by atoms with E-state index in [2.05, 4.69) is 19.9 Å². The van der Waals surface area contributed by atoms with Gasteiger partial charge in [-0.2, -0.15) is 0 Å². The van der Waals surface area contributed by atoms with E-state index in [0.717, 1.165) is 18.5 Å². The van der Waals surface area contributed by atoms with Crippen molar-refractivity contribution in [3.05, 3.63) is 39.8 Å². The molecule has 0 fully saturated rings. The normalized spacial score (nSPS) is 15.7. The summed E-state index contributed by atoms with van der Waals surface area (Å²) in [6, 6.07) is 0. The van der Waals surface area contributed by atoms with Crippen LogP contribution in [-0.2, 0) is 36.4 Å². The molecule has 8 nitrogen and oxygen atoms in total. The van der Waals surface area contributed by atoms with Gasteiger partial charge in [0.15, 0.2) is 0 Å². The molecule has 22 heavy (non-hydrogen) atoms. The van der Waals surface area contributed by atoms with Gasteiger partial charge in [0, 0.05) is 45.6 Å². The fourth-order valence-corrected chi connectivity index (χ4v) is 3.09. The van der Waals surface area contributed by atoms with Gasteiger partial charge in [-0.25, -0.2) is 18.4 Å². The molecule has 0 aliphatic carbocycles. The first kappa shape index (κ1) is 14.9. The highest BCUT2D eigenvalue weighted by Gasteiger charge is 2.23. The molecule has 1 N–H and O–H groups in total. The van der Waals surface area contributed by atoms with Crippen molar-refractivity contribution in [2.24, 2.45) is 7.05 Å². The van der Waals surface area contributed by atoms with Crippen LogP contribution in [0.1, 0.15) is 17.0 Å². The first-order valence-corrected chi connectivity index (χ1v) is 8.73. The Bertz CT molecular complexity index is 868. The molecular formula is C13H17N5O3S. The van der Waals surface area contributed by atoms with Crippen LogP contribution < -0.4 is 5.56 Å². The number of aromatic amines is 1. The van der Waals surface area contributed by atoms with Gasteiger partial charge in [0.1, 0.15) is 0 Å². The maximum absolute atomic E-state index is 12.1. The first-order chi connectivity index (χ1) is 10.3. The van der Waals surface area contributed by atoms with Gasteiger partial charge >= 0.3 is 0 Å². The number of aromatic nitrogens is 4. The van der Waals surface area contributed by atoms with Crippen LogP contribution >= 0.6 is 0 Å². The number of H-pyrrole nitrogens is 1. The van der Waals surface area contributed by atoms with Crippen molar-refractivity contribution in [1.29, 1.82) is 0 Å². The summed E-state index contributed by atoms with van der Waals surface area (Å²) in [5.74, 6) is 0. The Labute approximate surface area is 127 Å². The van der Waals surface area contributed by atoms with E-state index in [-0.39, 0.29) is 10.7 Å². The molecule has 1 aliphatic heterocycles. The van der Waals surface area contributed by atoms with E-state index in [0.29, 0.717) is 30.8 Å². The Morgan fingerprint density at radius 3 is 2.82 bits per heavy atom. The SMILES string of the molecule is Cn1cncc1CN1CCc2nc(S(C)(=O)=O)[nH]c(=O)c2C1. The average Bonchev–Trinajstić information content (AvgIpc) is 2.84. The zero-order chi connectivity index (χ0) is 15.9. The second-order valence-electron chi connectivity index (χ2n) is 5.53. The van der Waals surface area contributed by atoms with Crippen LogP contribution in [0, 0.1) is 0 Å². The van der Waals surface area contributed by atoms with Crippen LogP contribution in [-0.4, -0.2) is 45.6 Å². The van der Waals surface area contributed by atoms with Gasteiger partial charge in [-0.3, -0.25) is 14.7 Å². The summed E-state index contributed by atoms with van der Waals surface area (Å²) < 4.78 is 25.0. The lowest BCUT2D eigenvalue weighted by Gasteiger charge is -2.27. The first-order valence-electron chi connectivity index (χ1n) is 6.84. The summed E-state index contributed by atoms with van der Waals surface area (Å²) in [4.78, 5) is 24.8. The Hall–Kier alpha value is -2.00. The van der Waals surface area contributed by atoms with Crippen LogP contribution in [0.4, 0.5) is 0 Å². The predicted octanol–water partition coefficient (Wildman–Crippen LogP) is -0.535.